The van der Waals surface area contributed by atoms with Crippen LogP contribution in [0.1, 0.15) is 39.5 Å². The Balaban J connectivity index is 1.80. The second-order valence-electron chi connectivity index (χ2n) is 6.27. The van der Waals surface area contributed by atoms with E-state index in [2.05, 4.69) is 24.1 Å². The Kier molecular flexibility index (Phi) is 5.64. The highest BCUT2D eigenvalue weighted by Crippen LogP contribution is 2.21. The summed E-state index contributed by atoms with van der Waals surface area (Å²) in [6, 6.07) is 0.526. The second kappa shape index (κ2) is 7.25. The number of hydrogen-bond acceptors (Lipinski definition) is 3. The van der Waals surface area contributed by atoms with Gasteiger partial charge in [0.25, 0.3) is 0 Å². The maximum absolute atomic E-state index is 12.5. The van der Waals surface area contributed by atoms with E-state index >= 15 is 0 Å². The number of hydrogen-bond donors (Lipinski definition) is 1. The van der Waals surface area contributed by atoms with Crippen LogP contribution in [0.4, 0.5) is 0 Å². The van der Waals surface area contributed by atoms with E-state index in [9.17, 15) is 4.79 Å². The monoisotopic (exact) mass is 268 g/mol. The van der Waals surface area contributed by atoms with E-state index < -0.39 is 0 Å². The lowest BCUT2D eigenvalue weighted by atomic mass is 9.94. The van der Waals surface area contributed by atoms with Crippen LogP contribution in [-0.4, -0.2) is 49.7 Å². The molecule has 0 aliphatic carbocycles. The molecule has 1 amide bonds. The molecule has 0 aromatic carbocycles. The molecule has 0 aromatic heterocycles. The van der Waals surface area contributed by atoms with Gasteiger partial charge in [-0.05, 0) is 38.1 Å². The summed E-state index contributed by atoms with van der Waals surface area (Å²) in [6.07, 6.45) is 4.42. The Labute approximate surface area is 116 Å². The van der Waals surface area contributed by atoms with Crippen molar-refractivity contribution in [2.24, 2.45) is 11.8 Å². The lowest BCUT2D eigenvalue weighted by molar-refractivity contribution is -0.141. The number of likely N-dealkylation sites (tertiary alicyclic amines) is 1. The molecule has 2 atom stereocenters. The average Bonchev–Trinajstić information content (AvgIpc) is 2.45. The van der Waals surface area contributed by atoms with Crippen LogP contribution in [0, 0.1) is 11.8 Å². The number of piperidine rings is 1. The van der Waals surface area contributed by atoms with Crippen molar-refractivity contribution in [1.82, 2.24) is 10.2 Å². The van der Waals surface area contributed by atoms with Crippen molar-refractivity contribution >= 4 is 5.91 Å². The van der Waals surface area contributed by atoms with E-state index in [0.29, 0.717) is 24.5 Å². The molecule has 2 saturated heterocycles. The largest absolute Gasteiger partial charge is 0.381 e. The second-order valence-corrected chi connectivity index (χ2v) is 6.27. The summed E-state index contributed by atoms with van der Waals surface area (Å²) in [4.78, 5) is 14.5. The topological polar surface area (TPSA) is 41.6 Å². The maximum Gasteiger partial charge on any atom is 0.228 e. The molecule has 2 heterocycles. The molecule has 2 fully saturated rings. The van der Waals surface area contributed by atoms with E-state index in [4.69, 9.17) is 4.74 Å². The molecule has 0 radical (unpaired) electrons. The predicted molar refractivity (Wildman–Crippen MR) is 76.0 cm³/mol. The molecular formula is C15H28N2O2. The van der Waals surface area contributed by atoms with Crippen molar-refractivity contribution in [3.05, 3.63) is 0 Å². The van der Waals surface area contributed by atoms with Crippen molar-refractivity contribution in [3.63, 3.8) is 0 Å². The van der Waals surface area contributed by atoms with E-state index in [1.807, 2.05) is 0 Å². The molecule has 2 aliphatic rings. The van der Waals surface area contributed by atoms with Gasteiger partial charge in [-0.2, -0.15) is 0 Å². The van der Waals surface area contributed by atoms with Gasteiger partial charge in [-0.3, -0.25) is 4.79 Å². The number of nitrogens with one attached hydrogen (secondary N) is 1. The Morgan fingerprint density at radius 3 is 2.89 bits per heavy atom. The van der Waals surface area contributed by atoms with Crippen molar-refractivity contribution in [1.29, 1.82) is 0 Å². The molecule has 2 aliphatic heterocycles. The lowest BCUT2D eigenvalue weighted by Gasteiger charge is -2.36. The van der Waals surface area contributed by atoms with Crippen molar-refractivity contribution in [2.75, 3.05) is 32.8 Å². The van der Waals surface area contributed by atoms with Crippen LogP contribution in [0.25, 0.3) is 0 Å². The van der Waals surface area contributed by atoms with Gasteiger partial charge in [-0.25, -0.2) is 0 Å². The van der Waals surface area contributed by atoms with Crippen molar-refractivity contribution < 1.29 is 9.53 Å². The zero-order chi connectivity index (χ0) is 13.7. The Morgan fingerprint density at radius 2 is 2.21 bits per heavy atom. The summed E-state index contributed by atoms with van der Waals surface area (Å²) in [6.45, 7) is 8.69. The third kappa shape index (κ3) is 4.46. The number of amides is 1. The van der Waals surface area contributed by atoms with Crippen molar-refractivity contribution in [3.8, 4) is 0 Å². The highest BCUT2D eigenvalue weighted by atomic mass is 16.5. The number of ether oxygens (including phenoxy) is 1. The molecule has 4 nitrogen and oxygen atoms in total. The Hall–Kier alpha value is -0.610. The normalized spacial score (nSPS) is 28.7. The van der Waals surface area contributed by atoms with Crippen LogP contribution in [0.2, 0.25) is 0 Å². The molecule has 0 aromatic rings. The van der Waals surface area contributed by atoms with Gasteiger partial charge < -0.3 is 15.0 Å². The lowest BCUT2D eigenvalue weighted by Crippen LogP contribution is -2.47. The summed E-state index contributed by atoms with van der Waals surface area (Å²) >= 11 is 0. The van der Waals surface area contributed by atoms with Gasteiger partial charge in [0.05, 0.1) is 12.5 Å². The van der Waals surface area contributed by atoms with Gasteiger partial charge in [0.2, 0.25) is 5.91 Å². The van der Waals surface area contributed by atoms with Gasteiger partial charge in [0, 0.05) is 25.7 Å². The Morgan fingerprint density at radius 1 is 1.37 bits per heavy atom. The SMILES string of the molecule is CC(C)NCC1CCCN(C(=O)C2CCCOC2)C1. The fraction of sp³-hybridized carbons (Fsp3) is 0.933. The smallest absolute Gasteiger partial charge is 0.228 e. The number of rotatable bonds is 4. The third-order valence-electron chi connectivity index (χ3n) is 4.15. The molecule has 2 unspecified atom stereocenters. The van der Waals surface area contributed by atoms with Crippen LogP contribution in [0.15, 0.2) is 0 Å². The highest BCUT2D eigenvalue weighted by molar-refractivity contribution is 5.79. The first kappa shape index (κ1) is 14.8. The summed E-state index contributed by atoms with van der Waals surface area (Å²) in [7, 11) is 0. The molecule has 0 bridgehead atoms. The van der Waals surface area contributed by atoms with Crippen molar-refractivity contribution in [2.45, 2.75) is 45.6 Å². The zero-order valence-electron chi connectivity index (χ0n) is 12.4. The molecule has 0 spiro atoms. The minimum atomic E-state index is 0.116. The standard InChI is InChI=1S/C15H28N2O2/c1-12(2)16-9-13-5-3-7-17(10-13)15(18)14-6-4-8-19-11-14/h12-14,16H,3-11H2,1-2H3. The quantitative estimate of drug-likeness (QED) is 0.843. The molecule has 0 saturated carbocycles. The van der Waals surface area contributed by atoms with Crippen LogP contribution in [0.5, 0.6) is 0 Å². The van der Waals surface area contributed by atoms with Crippen LogP contribution < -0.4 is 5.32 Å². The van der Waals surface area contributed by atoms with Crippen LogP contribution in [0.3, 0.4) is 0 Å². The molecular weight excluding hydrogens is 240 g/mol. The third-order valence-corrected chi connectivity index (χ3v) is 4.15. The van der Waals surface area contributed by atoms with E-state index in [1.54, 1.807) is 0 Å². The summed E-state index contributed by atoms with van der Waals surface area (Å²) in [5.74, 6) is 1.06. The van der Waals surface area contributed by atoms with Gasteiger partial charge in [0.1, 0.15) is 0 Å². The van der Waals surface area contributed by atoms with E-state index in [1.165, 1.54) is 6.42 Å². The molecule has 2 rings (SSSR count). The van der Waals surface area contributed by atoms with Gasteiger partial charge in [-0.1, -0.05) is 13.8 Å². The maximum atomic E-state index is 12.5. The fourth-order valence-electron chi connectivity index (χ4n) is 3.03. The minimum absolute atomic E-state index is 0.116. The Bertz CT molecular complexity index is 288. The van der Waals surface area contributed by atoms with Crippen LogP contribution >= 0.6 is 0 Å². The minimum Gasteiger partial charge on any atom is -0.381 e. The van der Waals surface area contributed by atoms with Gasteiger partial charge >= 0.3 is 0 Å². The molecule has 19 heavy (non-hydrogen) atoms. The zero-order valence-corrected chi connectivity index (χ0v) is 12.4. The van der Waals surface area contributed by atoms with E-state index in [0.717, 1.165) is 45.5 Å². The fourth-order valence-corrected chi connectivity index (χ4v) is 3.03. The summed E-state index contributed by atoms with van der Waals surface area (Å²) in [5.41, 5.74) is 0. The van der Waals surface area contributed by atoms with Gasteiger partial charge in [0.15, 0.2) is 0 Å². The van der Waals surface area contributed by atoms with E-state index in [-0.39, 0.29) is 5.92 Å². The first-order chi connectivity index (χ1) is 9.16. The number of nitrogens with zero attached hydrogens (tertiary/aromatic N) is 1. The molecule has 1 N–H and O–H groups in total. The van der Waals surface area contributed by atoms with Crippen LogP contribution in [-0.2, 0) is 9.53 Å². The molecule has 4 heteroatoms. The number of carbonyl (C=O) groups excluding carboxylic acids is 1. The first-order valence-corrected chi connectivity index (χ1v) is 7.76. The van der Waals surface area contributed by atoms with Gasteiger partial charge in [-0.15, -0.1) is 0 Å². The average molecular weight is 268 g/mol. The first-order valence-electron chi connectivity index (χ1n) is 7.76. The predicted octanol–water partition coefficient (Wildman–Crippen LogP) is 1.65. The number of carbonyl (C=O) groups is 1. The highest BCUT2D eigenvalue weighted by Gasteiger charge is 2.30. The summed E-state index contributed by atoms with van der Waals surface area (Å²) in [5, 5.41) is 3.49. The molecule has 110 valence electrons. The summed E-state index contributed by atoms with van der Waals surface area (Å²) < 4.78 is 5.44.